The van der Waals surface area contributed by atoms with Crippen LogP contribution in [0.25, 0.3) is 0 Å². The van der Waals surface area contributed by atoms with Crippen LogP contribution in [0.4, 0.5) is 11.6 Å². The molecule has 2 N–H and O–H groups in total. The van der Waals surface area contributed by atoms with E-state index >= 15 is 0 Å². The number of nitrogens with one attached hydrogen (secondary N) is 2. The van der Waals surface area contributed by atoms with E-state index in [9.17, 15) is 0 Å². The van der Waals surface area contributed by atoms with Gasteiger partial charge in [-0.2, -0.15) is 5.10 Å². The van der Waals surface area contributed by atoms with Crippen molar-refractivity contribution in [2.24, 2.45) is 0 Å². The van der Waals surface area contributed by atoms with Crippen molar-refractivity contribution in [1.82, 2.24) is 30.0 Å². The van der Waals surface area contributed by atoms with Gasteiger partial charge in [0.15, 0.2) is 5.82 Å². The van der Waals surface area contributed by atoms with Crippen LogP contribution >= 0.6 is 0 Å². The fourth-order valence-corrected chi connectivity index (χ4v) is 3.61. The van der Waals surface area contributed by atoms with E-state index in [1.807, 2.05) is 25.3 Å². The van der Waals surface area contributed by atoms with Gasteiger partial charge in [-0.25, -0.2) is 9.97 Å². The summed E-state index contributed by atoms with van der Waals surface area (Å²) in [6, 6.07) is 3.98. The summed E-state index contributed by atoms with van der Waals surface area (Å²) in [7, 11) is 0. The fraction of sp³-hybridized carbons (Fsp3) is 0.400. The van der Waals surface area contributed by atoms with E-state index in [4.69, 9.17) is 0 Å². The third kappa shape index (κ3) is 3.98. The molecule has 0 bridgehead atoms. The van der Waals surface area contributed by atoms with Gasteiger partial charge >= 0.3 is 0 Å². The molecule has 3 aromatic rings. The molecule has 0 aromatic carbocycles. The normalized spacial score (nSPS) is 15.8. The standard InChI is InChI=1S/C20H25N7/c1-14-4-3-7-22-19(14)25-20-18(21-8-9-23-20)16-5-10-27(11-6-16)13-17-12-24-26-15(17)2/h3-4,7-9,12,16H,5-6,10-11,13H2,1-2H3,(H,24,26)(H,22,23,25). The molecule has 140 valence electrons. The lowest BCUT2D eigenvalue weighted by atomic mass is 9.92. The van der Waals surface area contributed by atoms with Gasteiger partial charge in [-0.05, 0) is 51.4 Å². The van der Waals surface area contributed by atoms with Crippen LogP contribution < -0.4 is 5.32 Å². The van der Waals surface area contributed by atoms with Gasteiger partial charge in [-0.1, -0.05) is 6.07 Å². The molecule has 4 rings (SSSR count). The Morgan fingerprint density at radius 3 is 2.59 bits per heavy atom. The molecule has 7 heteroatoms. The van der Waals surface area contributed by atoms with Crippen molar-refractivity contribution >= 4 is 11.6 Å². The highest BCUT2D eigenvalue weighted by molar-refractivity contribution is 5.57. The molecule has 0 atom stereocenters. The van der Waals surface area contributed by atoms with Crippen LogP contribution in [0.5, 0.6) is 0 Å². The van der Waals surface area contributed by atoms with Crippen molar-refractivity contribution in [1.29, 1.82) is 0 Å². The highest BCUT2D eigenvalue weighted by Crippen LogP contribution is 2.32. The van der Waals surface area contributed by atoms with Crippen LogP contribution in [0, 0.1) is 13.8 Å². The van der Waals surface area contributed by atoms with Gasteiger partial charge in [0.2, 0.25) is 0 Å². The van der Waals surface area contributed by atoms with Gasteiger partial charge in [0, 0.05) is 42.3 Å². The second-order valence-electron chi connectivity index (χ2n) is 7.15. The molecule has 0 amide bonds. The molecule has 27 heavy (non-hydrogen) atoms. The van der Waals surface area contributed by atoms with Gasteiger partial charge in [-0.3, -0.25) is 15.0 Å². The fourth-order valence-electron chi connectivity index (χ4n) is 3.61. The number of piperidine rings is 1. The molecule has 0 spiro atoms. The number of hydrogen-bond acceptors (Lipinski definition) is 6. The number of nitrogens with zero attached hydrogens (tertiary/aromatic N) is 5. The molecule has 1 aliphatic heterocycles. The monoisotopic (exact) mass is 363 g/mol. The Kier molecular flexibility index (Phi) is 5.11. The van der Waals surface area contributed by atoms with Gasteiger partial charge in [0.05, 0.1) is 11.9 Å². The van der Waals surface area contributed by atoms with Crippen LogP contribution in [0.1, 0.15) is 41.3 Å². The van der Waals surface area contributed by atoms with Crippen molar-refractivity contribution in [2.75, 3.05) is 18.4 Å². The van der Waals surface area contributed by atoms with Crippen molar-refractivity contribution < 1.29 is 0 Å². The number of aromatic amines is 1. The molecule has 1 saturated heterocycles. The number of aryl methyl sites for hydroxylation is 2. The second kappa shape index (κ2) is 7.84. The minimum absolute atomic E-state index is 0.409. The lowest BCUT2D eigenvalue weighted by molar-refractivity contribution is 0.203. The number of likely N-dealkylation sites (tertiary alicyclic amines) is 1. The highest BCUT2D eigenvalue weighted by Gasteiger charge is 2.25. The van der Waals surface area contributed by atoms with E-state index in [0.717, 1.165) is 61.1 Å². The molecule has 1 fully saturated rings. The molecule has 0 unspecified atom stereocenters. The van der Waals surface area contributed by atoms with Gasteiger partial charge in [0.25, 0.3) is 0 Å². The average molecular weight is 363 g/mol. The summed E-state index contributed by atoms with van der Waals surface area (Å²) >= 11 is 0. The maximum atomic E-state index is 4.66. The number of pyridine rings is 1. The number of anilines is 2. The van der Waals surface area contributed by atoms with E-state index in [2.05, 4.69) is 42.3 Å². The maximum absolute atomic E-state index is 4.66. The summed E-state index contributed by atoms with van der Waals surface area (Å²) in [4.78, 5) is 16.1. The van der Waals surface area contributed by atoms with Crippen LogP contribution in [0.15, 0.2) is 36.9 Å². The summed E-state index contributed by atoms with van der Waals surface area (Å²) in [5.74, 6) is 2.07. The Morgan fingerprint density at radius 1 is 1.07 bits per heavy atom. The first-order valence-corrected chi connectivity index (χ1v) is 9.41. The predicted octanol–water partition coefficient (Wildman–Crippen LogP) is 3.33. The molecular weight excluding hydrogens is 338 g/mol. The Labute approximate surface area is 159 Å². The summed E-state index contributed by atoms with van der Waals surface area (Å²) in [6.45, 7) is 7.17. The molecule has 3 aromatic heterocycles. The van der Waals surface area contributed by atoms with Crippen LogP contribution in [0.3, 0.4) is 0 Å². The summed E-state index contributed by atoms with van der Waals surface area (Å²) in [5, 5.41) is 10.5. The third-order valence-corrected chi connectivity index (χ3v) is 5.28. The molecular formula is C20H25N7. The summed E-state index contributed by atoms with van der Waals surface area (Å²) < 4.78 is 0. The lowest BCUT2D eigenvalue weighted by Crippen LogP contribution is -2.33. The minimum Gasteiger partial charge on any atom is -0.323 e. The average Bonchev–Trinajstić information content (AvgIpc) is 3.09. The van der Waals surface area contributed by atoms with E-state index in [0.29, 0.717) is 5.92 Å². The molecule has 1 aliphatic rings. The smallest absolute Gasteiger partial charge is 0.153 e. The highest BCUT2D eigenvalue weighted by atomic mass is 15.2. The molecule has 0 aliphatic carbocycles. The Hall–Kier alpha value is -2.80. The molecule has 0 radical (unpaired) electrons. The Balaban J connectivity index is 1.44. The van der Waals surface area contributed by atoms with E-state index in [1.165, 1.54) is 5.56 Å². The Bertz CT molecular complexity index is 897. The number of hydrogen-bond donors (Lipinski definition) is 2. The van der Waals surface area contributed by atoms with Crippen LogP contribution in [-0.4, -0.2) is 43.1 Å². The number of aromatic nitrogens is 5. The van der Waals surface area contributed by atoms with Gasteiger partial charge < -0.3 is 5.32 Å². The molecule has 7 nitrogen and oxygen atoms in total. The molecule has 4 heterocycles. The zero-order valence-electron chi connectivity index (χ0n) is 15.8. The van der Waals surface area contributed by atoms with Gasteiger partial charge in [-0.15, -0.1) is 0 Å². The SMILES string of the molecule is Cc1cccnc1Nc1nccnc1C1CCN(Cc2cn[nH]c2C)CC1. The first kappa shape index (κ1) is 17.6. The summed E-state index contributed by atoms with van der Waals surface area (Å²) in [5.41, 5.74) is 4.57. The minimum atomic E-state index is 0.409. The van der Waals surface area contributed by atoms with Crippen molar-refractivity contribution in [3.63, 3.8) is 0 Å². The zero-order chi connectivity index (χ0) is 18.6. The van der Waals surface area contributed by atoms with Crippen LogP contribution in [-0.2, 0) is 6.54 Å². The zero-order valence-corrected chi connectivity index (χ0v) is 15.8. The van der Waals surface area contributed by atoms with Gasteiger partial charge in [0.1, 0.15) is 5.82 Å². The topological polar surface area (TPSA) is 82.6 Å². The first-order valence-electron chi connectivity index (χ1n) is 9.41. The third-order valence-electron chi connectivity index (χ3n) is 5.28. The lowest BCUT2D eigenvalue weighted by Gasteiger charge is -2.32. The summed E-state index contributed by atoms with van der Waals surface area (Å²) in [6.07, 6.45) is 9.40. The second-order valence-corrected chi connectivity index (χ2v) is 7.15. The van der Waals surface area contributed by atoms with E-state index in [1.54, 1.807) is 18.6 Å². The van der Waals surface area contributed by atoms with Crippen LogP contribution in [0.2, 0.25) is 0 Å². The molecule has 0 saturated carbocycles. The number of rotatable bonds is 5. The number of H-pyrrole nitrogens is 1. The Morgan fingerprint density at radius 2 is 1.85 bits per heavy atom. The van der Waals surface area contributed by atoms with Crippen molar-refractivity contribution in [2.45, 2.75) is 39.2 Å². The quantitative estimate of drug-likeness (QED) is 0.723. The predicted molar refractivity (Wildman–Crippen MR) is 105 cm³/mol. The van der Waals surface area contributed by atoms with Crippen molar-refractivity contribution in [3.05, 3.63) is 59.4 Å². The van der Waals surface area contributed by atoms with E-state index in [-0.39, 0.29) is 0 Å². The largest absolute Gasteiger partial charge is 0.323 e. The maximum Gasteiger partial charge on any atom is 0.153 e. The first-order chi connectivity index (χ1) is 13.2. The van der Waals surface area contributed by atoms with E-state index < -0.39 is 0 Å². The van der Waals surface area contributed by atoms with Crippen molar-refractivity contribution in [3.8, 4) is 0 Å².